The summed E-state index contributed by atoms with van der Waals surface area (Å²) in [6.07, 6.45) is 5.59. The molecule has 1 aliphatic heterocycles. The zero-order valence-electron chi connectivity index (χ0n) is 18.7. The molecular weight excluding hydrogens is 430 g/mol. The molecule has 1 heterocycles. The first kappa shape index (κ1) is 24.0. The van der Waals surface area contributed by atoms with Crippen LogP contribution in [0.25, 0.3) is 0 Å². The second-order valence-electron chi connectivity index (χ2n) is 9.49. The number of nitrogens with one attached hydrogen (secondary N) is 3. The Morgan fingerprint density at radius 1 is 1.25 bits per heavy atom. The molecule has 2 fully saturated rings. The summed E-state index contributed by atoms with van der Waals surface area (Å²) in [5, 5.41) is 14.4. The van der Waals surface area contributed by atoms with Crippen LogP contribution in [0.2, 0.25) is 5.02 Å². The summed E-state index contributed by atoms with van der Waals surface area (Å²) in [7, 11) is 0. The van der Waals surface area contributed by atoms with E-state index >= 15 is 0 Å². The number of anilines is 1. The van der Waals surface area contributed by atoms with Crippen LogP contribution in [0.5, 0.6) is 0 Å². The zero-order valence-corrected chi connectivity index (χ0v) is 19.4. The van der Waals surface area contributed by atoms with Crippen LogP contribution in [-0.2, 0) is 14.4 Å². The lowest BCUT2D eigenvalue weighted by molar-refractivity contribution is -0.137. The SMILES string of the molecule is CC1(C)CCCC(NC(=O)C2CCCN2C(=O)CNc2cc(Cl)ccc2C(=N)C(N)=O)C1. The fraction of sp³-hybridized carbons (Fsp3) is 0.565. The van der Waals surface area contributed by atoms with Crippen molar-refractivity contribution in [1.29, 1.82) is 5.41 Å². The first-order valence-corrected chi connectivity index (χ1v) is 11.5. The van der Waals surface area contributed by atoms with E-state index in [0.29, 0.717) is 23.7 Å². The lowest BCUT2D eigenvalue weighted by Crippen LogP contribution is -2.51. The number of hydrogen-bond donors (Lipinski definition) is 4. The Hall–Kier alpha value is -2.61. The van der Waals surface area contributed by atoms with Gasteiger partial charge in [-0.15, -0.1) is 0 Å². The van der Waals surface area contributed by atoms with Crippen LogP contribution < -0.4 is 16.4 Å². The van der Waals surface area contributed by atoms with Gasteiger partial charge in [-0.05, 0) is 55.7 Å². The third-order valence-electron chi connectivity index (χ3n) is 6.35. The Morgan fingerprint density at radius 2 is 2.00 bits per heavy atom. The van der Waals surface area contributed by atoms with Crippen LogP contribution in [0.3, 0.4) is 0 Å². The summed E-state index contributed by atoms with van der Waals surface area (Å²) >= 11 is 6.05. The fourth-order valence-electron chi connectivity index (χ4n) is 4.74. The topological polar surface area (TPSA) is 128 Å². The molecule has 2 aliphatic rings. The number of amides is 3. The third kappa shape index (κ3) is 5.79. The van der Waals surface area contributed by atoms with Crippen molar-refractivity contribution in [3.63, 3.8) is 0 Å². The van der Waals surface area contributed by atoms with E-state index in [4.69, 9.17) is 22.7 Å². The van der Waals surface area contributed by atoms with Gasteiger partial charge in [-0.2, -0.15) is 0 Å². The highest BCUT2D eigenvalue weighted by Gasteiger charge is 2.36. The largest absolute Gasteiger partial charge is 0.376 e. The molecule has 5 N–H and O–H groups in total. The Morgan fingerprint density at radius 3 is 2.69 bits per heavy atom. The molecule has 0 bridgehead atoms. The maximum absolute atomic E-state index is 13.0. The van der Waals surface area contributed by atoms with Gasteiger partial charge >= 0.3 is 0 Å². The summed E-state index contributed by atoms with van der Waals surface area (Å²) < 4.78 is 0. The van der Waals surface area contributed by atoms with Crippen molar-refractivity contribution in [3.8, 4) is 0 Å². The van der Waals surface area contributed by atoms with Crippen LogP contribution in [0.4, 0.5) is 5.69 Å². The van der Waals surface area contributed by atoms with E-state index in [1.807, 2.05) is 0 Å². The van der Waals surface area contributed by atoms with Crippen molar-refractivity contribution in [2.45, 2.75) is 64.5 Å². The van der Waals surface area contributed by atoms with Gasteiger partial charge < -0.3 is 21.3 Å². The smallest absolute Gasteiger partial charge is 0.267 e. The van der Waals surface area contributed by atoms with E-state index in [-0.39, 0.29) is 41.1 Å². The molecule has 8 nitrogen and oxygen atoms in total. The Kier molecular flexibility index (Phi) is 7.44. The molecule has 9 heteroatoms. The van der Waals surface area contributed by atoms with Crippen LogP contribution in [0.15, 0.2) is 18.2 Å². The van der Waals surface area contributed by atoms with Crippen molar-refractivity contribution in [2.24, 2.45) is 11.1 Å². The number of likely N-dealkylation sites (tertiary alicyclic amines) is 1. The van der Waals surface area contributed by atoms with Gasteiger partial charge in [0.05, 0.1) is 6.54 Å². The second-order valence-corrected chi connectivity index (χ2v) is 9.93. The molecule has 32 heavy (non-hydrogen) atoms. The molecule has 0 aromatic heterocycles. The third-order valence-corrected chi connectivity index (χ3v) is 6.59. The molecule has 174 valence electrons. The lowest BCUT2D eigenvalue weighted by atomic mass is 9.75. The Balaban J connectivity index is 1.63. The summed E-state index contributed by atoms with van der Waals surface area (Å²) in [5.41, 5.74) is 5.73. The molecule has 2 atom stereocenters. The van der Waals surface area contributed by atoms with E-state index < -0.39 is 11.9 Å². The molecule has 0 radical (unpaired) electrons. The highest BCUT2D eigenvalue weighted by Crippen LogP contribution is 2.35. The molecule has 0 spiro atoms. The number of benzene rings is 1. The summed E-state index contributed by atoms with van der Waals surface area (Å²) in [5.74, 6) is -1.18. The molecule has 3 rings (SSSR count). The number of carbonyl (C=O) groups is 3. The van der Waals surface area contributed by atoms with Gasteiger partial charge in [0.1, 0.15) is 11.8 Å². The monoisotopic (exact) mass is 461 g/mol. The molecule has 1 saturated carbocycles. The van der Waals surface area contributed by atoms with Gasteiger partial charge in [-0.25, -0.2) is 0 Å². The average Bonchev–Trinajstić information content (AvgIpc) is 3.21. The van der Waals surface area contributed by atoms with Gasteiger partial charge in [0.15, 0.2) is 0 Å². The molecule has 3 amide bonds. The maximum atomic E-state index is 13.0. The number of carbonyl (C=O) groups excluding carboxylic acids is 3. The van der Waals surface area contributed by atoms with Crippen molar-refractivity contribution >= 4 is 40.7 Å². The van der Waals surface area contributed by atoms with Gasteiger partial charge in [0, 0.05) is 28.9 Å². The van der Waals surface area contributed by atoms with E-state index in [1.165, 1.54) is 6.07 Å². The number of hydrogen-bond acceptors (Lipinski definition) is 5. The Labute approximate surface area is 193 Å². The Bertz CT molecular complexity index is 917. The number of halogens is 1. The van der Waals surface area contributed by atoms with Crippen LogP contribution in [0.1, 0.15) is 57.9 Å². The van der Waals surface area contributed by atoms with E-state index in [2.05, 4.69) is 24.5 Å². The summed E-state index contributed by atoms with van der Waals surface area (Å²) in [4.78, 5) is 38.9. The van der Waals surface area contributed by atoms with Crippen LogP contribution >= 0.6 is 11.6 Å². The van der Waals surface area contributed by atoms with Gasteiger partial charge in [-0.3, -0.25) is 19.8 Å². The van der Waals surface area contributed by atoms with Crippen LogP contribution in [0, 0.1) is 10.8 Å². The van der Waals surface area contributed by atoms with E-state index in [0.717, 1.165) is 32.1 Å². The average molecular weight is 462 g/mol. The molecule has 1 aliphatic carbocycles. The van der Waals surface area contributed by atoms with Crippen LogP contribution in [-0.4, -0.2) is 53.5 Å². The number of nitrogens with two attached hydrogens (primary N) is 1. The number of nitrogens with zero attached hydrogens (tertiary/aromatic N) is 1. The first-order valence-electron chi connectivity index (χ1n) is 11.1. The first-order chi connectivity index (χ1) is 15.1. The number of primary amides is 1. The highest BCUT2D eigenvalue weighted by atomic mass is 35.5. The standard InChI is InChI=1S/C23H32ClN5O3/c1-23(2)9-3-5-15(12-23)28-22(32)18-6-4-10-29(18)19(30)13-27-17-11-14(24)7-8-16(17)20(25)21(26)31/h7-8,11,15,18,25,27H,3-6,9-10,12-13H2,1-2H3,(H2,26,31)(H,28,32). The summed E-state index contributed by atoms with van der Waals surface area (Å²) in [6, 6.07) is 4.28. The minimum absolute atomic E-state index is 0.0837. The molecule has 1 aromatic carbocycles. The second kappa shape index (κ2) is 9.90. The maximum Gasteiger partial charge on any atom is 0.267 e. The van der Waals surface area contributed by atoms with Gasteiger partial charge in [0.2, 0.25) is 11.8 Å². The quantitative estimate of drug-likeness (QED) is 0.465. The predicted octanol–water partition coefficient (Wildman–Crippen LogP) is 2.68. The molecule has 1 aromatic rings. The van der Waals surface area contributed by atoms with Crippen molar-refractivity contribution in [3.05, 3.63) is 28.8 Å². The zero-order chi connectivity index (χ0) is 23.5. The highest BCUT2D eigenvalue weighted by molar-refractivity contribution is 6.45. The minimum Gasteiger partial charge on any atom is -0.376 e. The minimum atomic E-state index is -0.871. The predicted molar refractivity (Wildman–Crippen MR) is 125 cm³/mol. The fourth-order valence-corrected chi connectivity index (χ4v) is 4.91. The molecule has 2 unspecified atom stereocenters. The molecular formula is C23H32ClN5O3. The van der Waals surface area contributed by atoms with Gasteiger partial charge in [-0.1, -0.05) is 31.9 Å². The van der Waals surface area contributed by atoms with E-state index in [1.54, 1.807) is 17.0 Å². The summed E-state index contributed by atoms with van der Waals surface area (Å²) in [6.45, 7) is 4.89. The van der Waals surface area contributed by atoms with Crippen molar-refractivity contribution < 1.29 is 14.4 Å². The van der Waals surface area contributed by atoms with Crippen molar-refractivity contribution in [1.82, 2.24) is 10.2 Å². The lowest BCUT2D eigenvalue weighted by Gasteiger charge is -2.36. The van der Waals surface area contributed by atoms with E-state index in [9.17, 15) is 14.4 Å². The normalized spacial score (nSPS) is 22.3. The number of rotatable bonds is 7. The van der Waals surface area contributed by atoms with Crippen molar-refractivity contribution in [2.75, 3.05) is 18.4 Å². The van der Waals surface area contributed by atoms with Gasteiger partial charge in [0.25, 0.3) is 5.91 Å². The molecule has 1 saturated heterocycles.